The zero-order chi connectivity index (χ0) is 17.2. The summed E-state index contributed by atoms with van der Waals surface area (Å²) in [5.74, 6) is 2.04. The summed E-state index contributed by atoms with van der Waals surface area (Å²) in [6, 6.07) is 0.457. The number of nitrogens with zero attached hydrogens (tertiary/aromatic N) is 2. The maximum atomic E-state index is 11.8. The van der Waals surface area contributed by atoms with Crippen LogP contribution in [0, 0.1) is 5.92 Å². The van der Waals surface area contributed by atoms with Gasteiger partial charge < -0.3 is 16.0 Å². The van der Waals surface area contributed by atoms with Crippen molar-refractivity contribution in [2.45, 2.75) is 58.4 Å². The molecule has 138 valence electrons. The first-order valence-corrected chi connectivity index (χ1v) is 9.75. The maximum absolute atomic E-state index is 11.8. The van der Waals surface area contributed by atoms with Crippen molar-refractivity contribution in [2.75, 3.05) is 39.3 Å². The Hall–Kier alpha value is -1.30. The fraction of sp³-hybridized carbons (Fsp3) is 0.889. The largest absolute Gasteiger partial charge is 0.357 e. The van der Waals surface area contributed by atoms with Crippen molar-refractivity contribution < 1.29 is 4.79 Å². The van der Waals surface area contributed by atoms with E-state index in [0.717, 1.165) is 63.9 Å². The summed E-state index contributed by atoms with van der Waals surface area (Å²) in [6.45, 7) is 9.25. The Morgan fingerprint density at radius 1 is 1.12 bits per heavy atom. The van der Waals surface area contributed by atoms with E-state index in [2.05, 4.69) is 34.7 Å². The Bertz CT molecular complexity index is 400. The number of likely N-dealkylation sites (tertiary alicyclic amines) is 1. The zero-order valence-corrected chi connectivity index (χ0v) is 15.4. The number of aliphatic imine (C=N–C) groups is 1. The van der Waals surface area contributed by atoms with E-state index in [9.17, 15) is 4.79 Å². The topological polar surface area (TPSA) is 68.8 Å². The molecule has 0 spiro atoms. The van der Waals surface area contributed by atoms with Crippen LogP contribution in [0.5, 0.6) is 0 Å². The molecule has 6 heteroatoms. The van der Waals surface area contributed by atoms with Crippen molar-refractivity contribution in [1.82, 2.24) is 20.9 Å². The van der Waals surface area contributed by atoms with Gasteiger partial charge in [-0.1, -0.05) is 19.8 Å². The molecule has 0 aromatic heterocycles. The smallest absolute Gasteiger partial charge is 0.234 e. The van der Waals surface area contributed by atoms with Crippen LogP contribution in [0.3, 0.4) is 0 Å². The van der Waals surface area contributed by atoms with Crippen LogP contribution in [0.4, 0.5) is 0 Å². The maximum Gasteiger partial charge on any atom is 0.234 e. The summed E-state index contributed by atoms with van der Waals surface area (Å²) in [7, 11) is 0. The number of rotatable bonds is 9. The van der Waals surface area contributed by atoms with Gasteiger partial charge in [0.1, 0.15) is 0 Å². The van der Waals surface area contributed by atoms with E-state index in [1.807, 2.05) is 0 Å². The third kappa shape index (κ3) is 7.51. The Morgan fingerprint density at radius 3 is 2.50 bits per heavy atom. The third-order valence-corrected chi connectivity index (χ3v) is 4.72. The van der Waals surface area contributed by atoms with Crippen molar-refractivity contribution in [3.05, 3.63) is 0 Å². The molecular formula is C18H35N5O. The lowest BCUT2D eigenvalue weighted by atomic mass is 10.1. The molecule has 0 atom stereocenters. The summed E-state index contributed by atoms with van der Waals surface area (Å²) >= 11 is 0. The Labute approximate surface area is 146 Å². The van der Waals surface area contributed by atoms with Gasteiger partial charge in [0, 0.05) is 38.8 Å². The van der Waals surface area contributed by atoms with Gasteiger partial charge in [0.25, 0.3) is 0 Å². The molecule has 2 rings (SSSR count). The molecule has 1 heterocycles. The van der Waals surface area contributed by atoms with E-state index < -0.39 is 0 Å². The van der Waals surface area contributed by atoms with Gasteiger partial charge >= 0.3 is 0 Å². The molecule has 24 heavy (non-hydrogen) atoms. The lowest BCUT2D eigenvalue weighted by molar-refractivity contribution is -0.122. The lowest BCUT2D eigenvalue weighted by Crippen LogP contribution is -2.50. The average Bonchev–Trinajstić information content (AvgIpc) is 3.39. The molecule has 1 amide bonds. The summed E-state index contributed by atoms with van der Waals surface area (Å²) in [5, 5.41) is 9.87. The number of carbonyl (C=O) groups excluding carboxylic acids is 1. The highest BCUT2D eigenvalue weighted by molar-refractivity contribution is 5.80. The van der Waals surface area contributed by atoms with Crippen molar-refractivity contribution in [3.63, 3.8) is 0 Å². The highest BCUT2D eigenvalue weighted by Gasteiger charge is 2.22. The molecule has 0 radical (unpaired) electrons. The quantitative estimate of drug-likeness (QED) is 0.439. The summed E-state index contributed by atoms with van der Waals surface area (Å²) in [5.41, 5.74) is 0. The molecule has 2 aliphatic rings. The van der Waals surface area contributed by atoms with Crippen molar-refractivity contribution in [2.24, 2.45) is 10.9 Å². The number of carbonyl (C=O) groups is 1. The number of amides is 1. The fourth-order valence-electron chi connectivity index (χ4n) is 3.04. The molecule has 1 saturated heterocycles. The number of hydrogen-bond donors (Lipinski definition) is 3. The second-order valence-corrected chi connectivity index (χ2v) is 7.04. The van der Waals surface area contributed by atoms with Gasteiger partial charge in [-0.05, 0) is 38.5 Å². The van der Waals surface area contributed by atoms with E-state index >= 15 is 0 Å². The highest BCUT2D eigenvalue weighted by atomic mass is 16.2. The molecule has 1 saturated carbocycles. The minimum atomic E-state index is 0.151. The zero-order valence-electron chi connectivity index (χ0n) is 15.4. The van der Waals surface area contributed by atoms with E-state index in [0.29, 0.717) is 12.6 Å². The predicted molar refractivity (Wildman–Crippen MR) is 99.2 cm³/mol. The van der Waals surface area contributed by atoms with E-state index in [-0.39, 0.29) is 5.91 Å². The first-order chi connectivity index (χ1) is 11.7. The van der Waals surface area contributed by atoms with Crippen molar-refractivity contribution >= 4 is 11.9 Å². The van der Waals surface area contributed by atoms with Gasteiger partial charge in [-0.2, -0.15) is 0 Å². The monoisotopic (exact) mass is 337 g/mol. The second kappa shape index (κ2) is 10.5. The molecule has 0 unspecified atom stereocenters. The Balaban J connectivity index is 1.66. The minimum absolute atomic E-state index is 0.151. The van der Waals surface area contributed by atoms with Gasteiger partial charge in [-0.3, -0.25) is 14.7 Å². The number of guanidine groups is 1. The molecule has 0 aromatic rings. The predicted octanol–water partition coefficient (Wildman–Crippen LogP) is 1.33. The average molecular weight is 338 g/mol. The van der Waals surface area contributed by atoms with Crippen LogP contribution in [0.1, 0.15) is 52.4 Å². The summed E-state index contributed by atoms with van der Waals surface area (Å²) in [6.07, 6.45) is 7.13. The first-order valence-electron chi connectivity index (χ1n) is 9.75. The normalized spacial score (nSPS) is 20.0. The van der Waals surface area contributed by atoms with Crippen molar-refractivity contribution in [1.29, 1.82) is 0 Å². The lowest BCUT2D eigenvalue weighted by Gasteiger charge is -2.32. The second-order valence-electron chi connectivity index (χ2n) is 7.04. The van der Waals surface area contributed by atoms with Gasteiger partial charge in [-0.25, -0.2) is 0 Å². The standard InChI is InChI=1S/C18H35N5O/c1-3-10-20-17(24)14-23-12-8-16(9-13-23)22-18(19-4-2)21-11-7-15-5-6-15/h15-16H,3-14H2,1-2H3,(H,20,24)(H2,19,21,22). The van der Waals surface area contributed by atoms with Crippen LogP contribution in [0.15, 0.2) is 4.99 Å². The van der Waals surface area contributed by atoms with Crippen molar-refractivity contribution in [3.8, 4) is 0 Å². The Kier molecular flexibility index (Phi) is 8.36. The van der Waals surface area contributed by atoms with E-state index in [4.69, 9.17) is 4.99 Å². The highest BCUT2D eigenvalue weighted by Crippen LogP contribution is 2.32. The van der Waals surface area contributed by atoms with Crippen LogP contribution in [0.25, 0.3) is 0 Å². The Morgan fingerprint density at radius 2 is 1.88 bits per heavy atom. The molecule has 0 aromatic carbocycles. The first kappa shape index (κ1) is 19.0. The molecule has 6 nitrogen and oxygen atoms in total. The number of piperidine rings is 1. The molecular weight excluding hydrogens is 302 g/mol. The van der Waals surface area contributed by atoms with Gasteiger partial charge in [-0.15, -0.1) is 0 Å². The van der Waals surface area contributed by atoms with Gasteiger partial charge in [0.05, 0.1) is 6.54 Å². The van der Waals surface area contributed by atoms with Gasteiger partial charge in [0.2, 0.25) is 5.91 Å². The molecule has 1 aliphatic carbocycles. The number of hydrogen-bond acceptors (Lipinski definition) is 3. The third-order valence-electron chi connectivity index (χ3n) is 4.72. The molecule has 2 fully saturated rings. The van der Waals surface area contributed by atoms with Crippen LogP contribution in [-0.4, -0.2) is 62.1 Å². The molecule has 1 aliphatic heterocycles. The summed E-state index contributed by atoms with van der Waals surface area (Å²) in [4.78, 5) is 18.8. The summed E-state index contributed by atoms with van der Waals surface area (Å²) < 4.78 is 0. The van der Waals surface area contributed by atoms with E-state index in [1.165, 1.54) is 19.3 Å². The van der Waals surface area contributed by atoms with Crippen LogP contribution in [0.2, 0.25) is 0 Å². The molecule has 3 N–H and O–H groups in total. The fourth-order valence-corrected chi connectivity index (χ4v) is 3.04. The van der Waals surface area contributed by atoms with Crippen LogP contribution >= 0.6 is 0 Å². The minimum Gasteiger partial charge on any atom is -0.357 e. The van der Waals surface area contributed by atoms with E-state index in [1.54, 1.807) is 0 Å². The van der Waals surface area contributed by atoms with Crippen LogP contribution in [-0.2, 0) is 4.79 Å². The SMILES string of the molecule is CCCNC(=O)CN1CCC(NC(=NCCC2CC2)NCC)CC1. The number of nitrogens with one attached hydrogen (secondary N) is 3. The molecule has 0 bridgehead atoms. The van der Waals surface area contributed by atoms with Gasteiger partial charge in [0.15, 0.2) is 5.96 Å². The van der Waals surface area contributed by atoms with Crippen LogP contribution < -0.4 is 16.0 Å².